The Morgan fingerprint density at radius 3 is 2.92 bits per heavy atom. The lowest BCUT2D eigenvalue weighted by Crippen LogP contribution is -2.39. The Hall–Kier alpha value is -1.79. The second-order valence-electron chi connectivity index (χ2n) is 5.68. The third kappa shape index (κ3) is 6.37. The average molecular weight is 335 g/mol. The van der Waals surface area contributed by atoms with E-state index in [0.29, 0.717) is 13.2 Å². The van der Waals surface area contributed by atoms with Gasteiger partial charge >= 0.3 is 0 Å². The molecule has 134 valence electrons. The Labute approximate surface area is 144 Å². The van der Waals surface area contributed by atoms with E-state index in [9.17, 15) is 0 Å². The minimum Gasteiger partial charge on any atom is -0.493 e. The van der Waals surface area contributed by atoms with Crippen molar-refractivity contribution in [3.63, 3.8) is 0 Å². The number of hydrogen-bond acceptors (Lipinski definition) is 4. The van der Waals surface area contributed by atoms with Crippen LogP contribution in [-0.2, 0) is 22.3 Å². The van der Waals surface area contributed by atoms with Crippen LogP contribution in [0.5, 0.6) is 5.75 Å². The van der Waals surface area contributed by atoms with Crippen LogP contribution in [0.25, 0.3) is 0 Å². The van der Waals surface area contributed by atoms with E-state index < -0.39 is 0 Å². The van der Waals surface area contributed by atoms with Gasteiger partial charge in [0.05, 0.1) is 19.8 Å². The number of benzene rings is 1. The van der Waals surface area contributed by atoms with Crippen LogP contribution < -0.4 is 15.4 Å². The summed E-state index contributed by atoms with van der Waals surface area (Å²) >= 11 is 0. The molecule has 1 aromatic rings. The predicted octanol–water partition coefficient (Wildman–Crippen LogP) is 1.38. The van der Waals surface area contributed by atoms with Gasteiger partial charge in [-0.3, -0.25) is 4.99 Å². The second kappa shape index (κ2) is 10.9. The van der Waals surface area contributed by atoms with Gasteiger partial charge in [-0.25, -0.2) is 0 Å². The monoisotopic (exact) mass is 335 g/mol. The van der Waals surface area contributed by atoms with Crippen LogP contribution in [0.2, 0.25) is 0 Å². The number of aliphatic imine (C=N–C) groups is 1. The number of methoxy groups -OCH3 is 1. The van der Waals surface area contributed by atoms with Gasteiger partial charge in [0, 0.05) is 40.3 Å². The number of nitrogens with zero attached hydrogens (tertiary/aromatic N) is 1. The lowest BCUT2D eigenvalue weighted by atomic mass is 10.1. The van der Waals surface area contributed by atoms with E-state index in [2.05, 4.69) is 33.8 Å². The van der Waals surface area contributed by atoms with Crippen LogP contribution in [0.4, 0.5) is 0 Å². The third-order valence-corrected chi connectivity index (χ3v) is 3.87. The highest BCUT2D eigenvalue weighted by molar-refractivity contribution is 5.79. The summed E-state index contributed by atoms with van der Waals surface area (Å²) in [6, 6.07) is 6.46. The maximum atomic E-state index is 5.54. The number of nitrogens with one attached hydrogen (secondary N) is 2. The lowest BCUT2D eigenvalue weighted by molar-refractivity contribution is 0.0698. The Bertz CT molecular complexity index is 520. The minimum absolute atomic E-state index is 0.644. The van der Waals surface area contributed by atoms with Gasteiger partial charge < -0.3 is 24.8 Å². The molecular weight excluding hydrogens is 306 g/mol. The zero-order valence-corrected chi connectivity index (χ0v) is 14.8. The minimum atomic E-state index is 0.644. The molecule has 0 radical (unpaired) electrons. The number of hydrogen-bond donors (Lipinski definition) is 2. The van der Waals surface area contributed by atoms with E-state index >= 15 is 0 Å². The fourth-order valence-electron chi connectivity index (χ4n) is 2.57. The molecule has 0 amide bonds. The van der Waals surface area contributed by atoms with E-state index in [1.807, 2.05) is 0 Å². The molecule has 6 nitrogen and oxygen atoms in total. The van der Waals surface area contributed by atoms with Gasteiger partial charge in [-0.15, -0.1) is 0 Å². The first-order valence-corrected chi connectivity index (χ1v) is 8.59. The Balaban J connectivity index is 1.58. The highest BCUT2D eigenvalue weighted by atomic mass is 16.5. The molecule has 0 unspecified atom stereocenters. The summed E-state index contributed by atoms with van der Waals surface area (Å²) in [5.41, 5.74) is 2.65. The highest BCUT2D eigenvalue weighted by Crippen LogP contribution is 2.25. The zero-order chi connectivity index (χ0) is 17.0. The molecule has 0 aliphatic carbocycles. The summed E-state index contributed by atoms with van der Waals surface area (Å²) in [5, 5.41) is 6.64. The summed E-state index contributed by atoms with van der Waals surface area (Å²) in [7, 11) is 3.47. The fraction of sp³-hybridized carbons (Fsp3) is 0.611. The maximum absolute atomic E-state index is 5.54. The van der Waals surface area contributed by atoms with Gasteiger partial charge in [0.2, 0.25) is 0 Å². The van der Waals surface area contributed by atoms with E-state index in [4.69, 9.17) is 14.2 Å². The van der Waals surface area contributed by atoms with Gasteiger partial charge in [-0.2, -0.15) is 0 Å². The summed E-state index contributed by atoms with van der Waals surface area (Å²) < 4.78 is 15.9. The second-order valence-corrected chi connectivity index (χ2v) is 5.68. The maximum Gasteiger partial charge on any atom is 0.190 e. The van der Waals surface area contributed by atoms with Crippen molar-refractivity contribution in [3.05, 3.63) is 29.3 Å². The smallest absolute Gasteiger partial charge is 0.190 e. The number of ether oxygens (including phenoxy) is 3. The number of fused-ring (bicyclic) bond motifs is 1. The molecule has 0 aromatic heterocycles. The predicted molar refractivity (Wildman–Crippen MR) is 96.0 cm³/mol. The molecule has 1 aliphatic heterocycles. The van der Waals surface area contributed by atoms with E-state index in [1.165, 1.54) is 11.1 Å². The van der Waals surface area contributed by atoms with Crippen LogP contribution in [0.1, 0.15) is 17.5 Å². The van der Waals surface area contributed by atoms with Crippen molar-refractivity contribution in [1.82, 2.24) is 10.6 Å². The lowest BCUT2D eigenvalue weighted by Gasteiger charge is -2.12. The van der Waals surface area contributed by atoms with Crippen molar-refractivity contribution in [2.45, 2.75) is 19.3 Å². The normalized spacial score (nSPS) is 13.5. The molecule has 0 saturated heterocycles. The molecule has 0 saturated carbocycles. The molecule has 0 fully saturated rings. The molecule has 1 aromatic carbocycles. The zero-order valence-electron chi connectivity index (χ0n) is 14.8. The Morgan fingerprint density at radius 2 is 2.08 bits per heavy atom. The van der Waals surface area contributed by atoms with Gasteiger partial charge in [-0.05, 0) is 30.0 Å². The van der Waals surface area contributed by atoms with Crippen LogP contribution in [0.15, 0.2) is 23.2 Å². The summed E-state index contributed by atoms with van der Waals surface area (Å²) in [4.78, 5) is 4.24. The van der Waals surface area contributed by atoms with Gasteiger partial charge in [0.15, 0.2) is 5.96 Å². The van der Waals surface area contributed by atoms with Crippen LogP contribution >= 0.6 is 0 Å². The van der Waals surface area contributed by atoms with Crippen molar-refractivity contribution in [3.8, 4) is 5.75 Å². The number of rotatable bonds is 10. The summed E-state index contributed by atoms with van der Waals surface area (Å²) in [6.07, 6.45) is 2.93. The average Bonchev–Trinajstić information content (AvgIpc) is 3.07. The van der Waals surface area contributed by atoms with E-state index in [1.54, 1.807) is 14.2 Å². The first kappa shape index (κ1) is 18.5. The summed E-state index contributed by atoms with van der Waals surface area (Å²) in [6.45, 7) is 4.51. The molecule has 0 spiro atoms. The van der Waals surface area contributed by atoms with Crippen molar-refractivity contribution in [2.24, 2.45) is 4.99 Å². The molecule has 2 N–H and O–H groups in total. The largest absolute Gasteiger partial charge is 0.493 e. The van der Waals surface area contributed by atoms with E-state index in [-0.39, 0.29) is 0 Å². The molecule has 0 atom stereocenters. The third-order valence-electron chi connectivity index (χ3n) is 3.87. The molecule has 2 rings (SSSR count). The van der Waals surface area contributed by atoms with Crippen LogP contribution in [0, 0.1) is 0 Å². The highest BCUT2D eigenvalue weighted by Gasteiger charge is 2.11. The molecule has 24 heavy (non-hydrogen) atoms. The van der Waals surface area contributed by atoms with Gasteiger partial charge in [0.1, 0.15) is 5.75 Å². The molecular formula is C18H29N3O3. The number of guanidine groups is 1. The van der Waals surface area contributed by atoms with Crippen molar-refractivity contribution in [1.29, 1.82) is 0 Å². The Morgan fingerprint density at radius 1 is 1.21 bits per heavy atom. The summed E-state index contributed by atoms with van der Waals surface area (Å²) in [5.74, 6) is 1.87. The topological polar surface area (TPSA) is 64.1 Å². The Kier molecular flexibility index (Phi) is 8.41. The SMILES string of the molecule is CN=C(NCCCOCCOC)NCCc1ccc2c(c1)CCO2. The first-order chi connectivity index (χ1) is 11.8. The fourth-order valence-corrected chi connectivity index (χ4v) is 2.57. The van der Waals surface area contributed by atoms with Crippen molar-refractivity contribution < 1.29 is 14.2 Å². The van der Waals surface area contributed by atoms with Crippen LogP contribution in [-0.4, -0.2) is 59.6 Å². The molecule has 1 heterocycles. The van der Waals surface area contributed by atoms with Crippen molar-refractivity contribution in [2.75, 3.05) is 53.7 Å². The van der Waals surface area contributed by atoms with Crippen LogP contribution in [0.3, 0.4) is 0 Å². The van der Waals surface area contributed by atoms with Crippen molar-refractivity contribution >= 4 is 5.96 Å². The molecule has 1 aliphatic rings. The standard InChI is InChI=1S/C18H29N3O3/c1-19-18(20-8-3-10-23-13-12-22-2)21-9-6-15-4-5-17-16(14-15)7-11-24-17/h4-5,14H,3,6-13H2,1-2H3,(H2,19,20,21). The first-order valence-electron chi connectivity index (χ1n) is 8.59. The quantitative estimate of drug-likeness (QED) is 0.384. The van der Waals surface area contributed by atoms with Gasteiger partial charge in [0.25, 0.3) is 0 Å². The molecule has 6 heteroatoms. The van der Waals surface area contributed by atoms with Gasteiger partial charge in [-0.1, -0.05) is 12.1 Å². The molecule has 0 bridgehead atoms. The van der Waals surface area contributed by atoms with E-state index in [0.717, 1.165) is 57.3 Å².